The topological polar surface area (TPSA) is 88.3 Å². The lowest BCUT2D eigenvalue weighted by atomic mass is 9.94. The van der Waals surface area contributed by atoms with E-state index in [9.17, 15) is 15.2 Å². The van der Waals surface area contributed by atoms with Gasteiger partial charge in [-0.05, 0) is 25.0 Å². The molecule has 1 heterocycles. The largest absolute Gasteiger partial charge is 0.388 e. The first-order valence-electron chi connectivity index (χ1n) is 8.06. The molecule has 0 bridgehead atoms. The molecule has 2 aromatic rings. The van der Waals surface area contributed by atoms with Gasteiger partial charge in [0.15, 0.2) is 0 Å². The van der Waals surface area contributed by atoms with Crippen molar-refractivity contribution in [2.24, 2.45) is 0 Å². The normalized spacial score (nSPS) is 17.6. The van der Waals surface area contributed by atoms with Crippen LogP contribution in [0.25, 0.3) is 10.8 Å². The first kappa shape index (κ1) is 15.7. The number of nitrogens with one attached hydrogen (secondary N) is 1. The summed E-state index contributed by atoms with van der Waals surface area (Å²) in [5.41, 5.74) is 0.148. The van der Waals surface area contributed by atoms with Gasteiger partial charge in [-0.1, -0.05) is 25.7 Å². The molecule has 0 atom stereocenters. The number of anilines is 1. The number of hydrogen-bond donors (Lipinski definition) is 2. The van der Waals surface area contributed by atoms with Crippen LogP contribution in [0.15, 0.2) is 30.6 Å². The second kappa shape index (κ2) is 6.50. The molecule has 0 spiro atoms. The summed E-state index contributed by atoms with van der Waals surface area (Å²) in [4.78, 5) is 14.7. The van der Waals surface area contributed by atoms with E-state index in [2.05, 4.69) is 10.3 Å². The van der Waals surface area contributed by atoms with Crippen molar-refractivity contribution in [3.63, 3.8) is 0 Å². The molecule has 1 aliphatic rings. The predicted molar refractivity (Wildman–Crippen MR) is 89.5 cm³/mol. The van der Waals surface area contributed by atoms with E-state index in [1.165, 1.54) is 25.1 Å². The number of non-ortho nitro benzene ring substituents is 1. The van der Waals surface area contributed by atoms with E-state index in [4.69, 9.17) is 0 Å². The summed E-state index contributed by atoms with van der Waals surface area (Å²) in [7, 11) is 0. The number of rotatable bonds is 4. The molecule has 0 unspecified atom stereocenters. The second-order valence-corrected chi connectivity index (χ2v) is 6.30. The van der Waals surface area contributed by atoms with Gasteiger partial charge in [0, 0.05) is 36.1 Å². The molecule has 6 nitrogen and oxygen atoms in total. The maximum absolute atomic E-state index is 11.1. The SMILES string of the molecule is O=[N+]([O-])c1ccc(NCC2(O)CCCCCC2)c2ccncc12. The zero-order valence-corrected chi connectivity index (χ0v) is 13.0. The molecule has 0 radical (unpaired) electrons. The van der Waals surface area contributed by atoms with Crippen molar-refractivity contribution in [3.05, 3.63) is 40.7 Å². The van der Waals surface area contributed by atoms with E-state index in [0.29, 0.717) is 11.9 Å². The summed E-state index contributed by atoms with van der Waals surface area (Å²) >= 11 is 0. The number of benzene rings is 1. The van der Waals surface area contributed by atoms with Crippen LogP contribution in [0.5, 0.6) is 0 Å². The summed E-state index contributed by atoms with van der Waals surface area (Å²) in [6.07, 6.45) is 9.17. The Morgan fingerprint density at radius 2 is 1.91 bits per heavy atom. The number of nitro groups is 1. The Labute approximate surface area is 134 Å². The van der Waals surface area contributed by atoms with E-state index in [-0.39, 0.29) is 5.69 Å². The summed E-state index contributed by atoms with van der Waals surface area (Å²) < 4.78 is 0. The minimum Gasteiger partial charge on any atom is -0.388 e. The molecule has 1 aromatic heterocycles. The minimum atomic E-state index is -0.697. The Hall–Kier alpha value is -2.21. The predicted octanol–water partition coefficient (Wildman–Crippen LogP) is 3.64. The van der Waals surface area contributed by atoms with Gasteiger partial charge in [-0.15, -0.1) is 0 Å². The van der Waals surface area contributed by atoms with Gasteiger partial charge in [-0.25, -0.2) is 0 Å². The van der Waals surface area contributed by atoms with Crippen LogP contribution in [0, 0.1) is 10.1 Å². The van der Waals surface area contributed by atoms with Gasteiger partial charge in [0.25, 0.3) is 5.69 Å². The molecular weight excluding hydrogens is 294 g/mol. The van der Waals surface area contributed by atoms with Crippen molar-refractivity contribution in [1.29, 1.82) is 0 Å². The fourth-order valence-electron chi connectivity index (χ4n) is 3.31. The Morgan fingerprint density at radius 3 is 2.61 bits per heavy atom. The van der Waals surface area contributed by atoms with E-state index in [1.807, 2.05) is 0 Å². The van der Waals surface area contributed by atoms with Gasteiger partial charge >= 0.3 is 0 Å². The van der Waals surface area contributed by atoms with Crippen LogP contribution in [-0.2, 0) is 0 Å². The van der Waals surface area contributed by atoms with Crippen LogP contribution in [-0.4, -0.2) is 27.2 Å². The maximum atomic E-state index is 11.1. The number of hydrogen-bond acceptors (Lipinski definition) is 5. The molecule has 0 amide bonds. The first-order chi connectivity index (χ1) is 11.1. The lowest BCUT2D eigenvalue weighted by Gasteiger charge is -2.27. The molecule has 1 aliphatic carbocycles. The number of aromatic nitrogens is 1. The Bertz CT molecular complexity index is 709. The van der Waals surface area contributed by atoms with E-state index < -0.39 is 10.5 Å². The van der Waals surface area contributed by atoms with Crippen molar-refractivity contribution in [2.75, 3.05) is 11.9 Å². The molecule has 1 fully saturated rings. The molecule has 2 N–H and O–H groups in total. The highest BCUT2D eigenvalue weighted by Gasteiger charge is 2.28. The fraction of sp³-hybridized carbons (Fsp3) is 0.471. The van der Waals surface area contributed by atoms with Crippen molar-refractivity contribution >= 4 is 22.1 Å². The molecule has 1 aromatic carbocycles. The molecular formula is C17H21N3O3. The maximum Gasteiger partial charge on any atom is 0.278 e. The average Bonchev–Trinajstić information content (AvgIpc) is 2.77. The zero-order chi connectivity index (χ0) is 16.3. The van der Waals surface area contributed by atoms with Gasteiger partial charge in [-0.3, -0.25) is 15.1 Å². The molecule has 1 saturated carbocycles. The lowest BCUT2D eigenvalue weighted by molar-refractivity contribution is -0.383. The molecule has 3 rings (SSSR count). The minimum absolute atomic E-state index is 0.0480. The summed E-state index contributed by atoms with van der Waals surface area (Å²) in [6.45, 7) is 0.461. The van der Waals surface area contributed by atoms with E-state index in [0.717, 1.165) is 36.8 Å². The number of nitrogens with zero attached hydrogens (tertiary/aromatic N) is 2. The molecule has 6 heteroatoms. The highest BCUT2D eigenvalue weighted by atomic mass is 16.6. The van der Waals surface area contributed by atoms with E-state index in [1.54, 1.807) is 18.3 Å². The molecule has 122 valence electrons. The highest BCUT2D eigenvalue weighted by Crippen LogP contribution is 2.32. The van der Waals surface area contributed by atoms with Gasteiger partial charge in [0.2, 0.25) is 0 Å². The number of aliphatic hydroxyl groups is 1. The van der Waals surface area contributed by atoms with Crippen LogP contribution in [0.2, 0.25) is 0 Å². The van der Waals surface area contributed by atoms with E-state index >= 15 is 0 Å². The monoisotopic (exact) mass is 315 g/mol. The van der Waals surface area contributed by atoms with Gasteiger partial charge < -0.3 is 10.4 Å². The summed E-state index contributed by atoms with van der Waals surface area (Å²) in [5.74, 6) is 0. The van der Waals surface area contributed by atoms with Crippen molar-refractivity contribution in [3.8, 4) is 0 Å². The number of fused-ring (bicyclic) bond motifs is 1. The third-order valence-electron chi connectivity index (χ3n) is 4.63. The lowest BCUT2D eigenvalue weighted by Crippen LogP contribution is -2.36. The Kier molecular flexibility index (Phi) is 4.43. The Balaban J connectivity index is 1.86. The molecule has 0 saturated heterocycles. The third-order valence-corrected chi connectivity index (χ3v) is 4.63. The summed E-state index contributed by atoms with van der Waals surface area (Å²) in [5, 5.41) is 26.4. The average molecular weight is 315 g/mol. The highest BCUT2D eigenvalue weighted by molar-refractivity contribution is 5.99. The quantitative estimate of drug-likeness (QED) is 0.511. The van der Waals surface area contributed by atoms with Crippen molar-refractivity contribution < 1.29 is 10.0 Å². The fourth-order valence-corrected chi connectivity index (χ4v) is 3.31. The van der Waals surface area contributed by atoms with Crippen LogP contribution >= 0.6 is 0 Å². The molecule has 0 aliphatic heterocycles. The third kappa shape index (κ3) is 3.42. The van der Waals surface area contributed by atoms with Crippen LogP contribution in [0.1, 0.15) is 38.5 Å². The first-order valence-corrected chi connectivity index (χ1v) is 8.06. The standard InChI is InChI=1S/C17H21N3O3/c21-17(8-3-1-2-4-9-17)12-19-15-5-6-16(20(22)23)14-11-18-10-7-13(14)15/h5-7,10-11,19,21H,1-4,8-9,12H2. The van der Waals surface area contributed by atoms with Gasteiger partial charge in [0.05, 0.1) is 15.9 Å². The molecule has 23 heavy (non-hydrogen) atoms. The number of nitro benzene ring substituents is 1. The smallest absolute Gasteiger partial charge is 0.278 e. The van der Waals surface area contributed by atoms with Crippen LogP contribution in [0.4, 0.5) is 11.4 Å². The van der Waals surface area contributed by atoms with Gasteiger partial charge in [0.1, 0.15) is 0 Å². The zero-order valence-electron chi connectivity index (χ0n) is 13.0. The summed E-state index contributed by atoms with van der Waals surface area (Å²) in [6, 6.07) is 4.96. The van der Waals surface area contributed by atoms with Crippen LogP contribution < -0.4 is 5.32 Å². The van der Waals surface area contributed by atoms with Crippen molar-refractivity contribution in [1.82, 2.24) is 4.98 Å². The number of pyridine rings is 1. The Morgan fingerprint density at radius 1 is 1.17 bits per heavy atom. The van der Waals surface area contributed by atoms with Gasteiger partial charge in [-0.2, -0.15) is 0 Å². The second-order valence-electron chi connectivity index (χ2n) is 6.30. The van der Waals surface area contributed by atoms with Crippen LogP contribution in [0.3, 0.4) is 0 Å². The van der Waals surface area contributed by atoms with Crippen molar-refractivity contribution in [2.45, 2.75) is 44.1 Å².